The Balaban J connectivity index is 1.64. The third-order valence-electron chi connectivity index (χ3n) is 5.75. The maximum absolute atomic E-state index is 13.2. The average molecular weight is 487 g/mol. The minimum Gasteiger partial charge on any atom is -0.497 e. The molecule has 0 spiro atoms. The number of amides is 2. The van der Waals surface area contributed by atoms with Crippen molar-refractivity contribution in [2.24, 2.45) is 0 Å². The fourth-order valence-corrected chi connectivity index (χ4v) is 3.90. The highest BCUT2D eigenvalue weighted by Gasteiger charge is 2.34. The molecule has 1 heterocycles. The number of urea groups is 1. The van der Waals surface area contributed by atoms with E-state index in [1.165, 1.54) is 5.56 Å². The Morgan fingerprint density at radius 1 is 0.917 bits per heavy atom. The van der Waals surface area contributed by atoms with Crippen LogP contribution in [0.15, 0.2) is 78.4 Å². The smallest absolute Gasteiger partial charge is 0.338 e. The van der Waals surface area contributed by atoms with Crippen LogP contribution in [0.25, 0.3) is 5.70 Å². The zero-order valence-electron chi connectivity index (χ0n) is 20.8. The van der Waals surface area contributed by atoms with E-state index in [1.807, 2.05) is 55.5 Å². The second kappa shape index (κ2) is 11.0. The molecule has 3 aromatic rings. The number of rotatable bonds is 8. The van der Waals surface area contributed by atoms with Crippen LogP contribution in [0.4, 0.5) is 4.79 Å². The van der Waals surface area contributed by atoms with Crippen molar-refractivity contribution in [3.63, 3.8) is 0 Å². The number of carbonyl (C=O) groups excluding carboxylic acids is 2. The van der Waals surface area contributed by atoms with Gasteiger partial charge < -0.3 is 24.8 Å². The Morgan fingerprint density at radius 3 is 2.17 bits per heavy atom. The van der Waals surface area contributed by atoms with Crippen LogP contribution in [-0.4, -0.2) is 25.2 Å². The summed E-state index contributed by atoms with van der Waals surface area (Å²) in [4.78, 5) is 25.9. The average Bonchev–Trinajstić information content (AvgIpc) is 2.87. The predicted octanol–water partition coefficient (Wildman–Crippen LogP) is 5.30. The van der Waals surface area contributed by atoms with Crippen LogP contribution in [0.2, 0.25) is 0 Å². The van der Waals surface area contributed by atoms with Gasteiger partial charge in [0.1, 0.15) is 18.1 Å². The molecular formula is C29H30N2O5. The maximum atomic E-state index is 13.2. The first kappa shape index (κ1) is 24.9. The van der Waals surface area contributed by atoms with E-state index in [-0.39, 0.29) is 6.10 Å². The van der Waals surface area contributed by atoms with Gasteiger partial charge in [-0.15, -0.1) is 0 Å². The number of carbonyl (C=O) groups is 2. The Kier molecular flexibility index (Phi) is 7.59. The summed E-state index contributed by atoms with van der Waals surface area (Å²) in [5, 5.41) is 5.66. The van der Waals surface area contributed by atoms with Gasteiger partial charge in [-0.3, -0.25) is 0 Å². The molecule has 0 radical (unpaired) electrons. The van der Waals surface area contributed by atoms with Crippen LogP contribution >= 0.6 is 0 Å². The summed E-state index contributed by atoms with van der Waals surface area (Å²) < 4.78 is 16.7. The van der Waals surface area contributed by atoms with E-state index < -0.39 is 18.0 Å². The molecule has 0 aromatic heterocycles. The summed E-state index contributed by atoms with van der Waals surface area (Å²) >= 11 is 0. The van der Waals surface area contributed by atoms with E-state index in [0.29, 0.717) is 34.9 Å². The topological polar surface area (TPSA) is 85.9 Å². The van der Waals surface area contributed by atoms with Crippen LogP contribution in [0.3, 0.4) is 0 Å². The van der Waals surface area contributed by atoms with Crippen molar-refractivity contribution in [1.29, 1.82) is 0 Å². The van der Waals surface area contributed by atoms with Gasteiger partial charge in [0.05, 0.1) is 30.5 Å². The summed E-state index contributed by atoms with van der Waals surface area (Å²) in [7, 11) is 1.58. The van der Waals surface area contributed by atoms with Crippen LogP contribution in [0.1, 0.15) is 42.1 Å². The van der Waals surface area contributed by atoms with Gasteiger partial charge in [0, 0.05) is 0 Å². The zero-order valence-corrected chi connectivity index (χ0v) is 20.8. The van der Waals surface area contributed by atoms with E-state index in [2.05, 4.69) is 10.6 Å². The SMILES string of the molecule is COc1ccc(C2=C(C(=O)OC(C)C)C(c3ccc(OCc4ccc(C)cc4)cc3)NC(=O)N2)cc1. The highest BCUT2D eigenvalue weighted by atomic mass is 16.5. The van der Waals surface area contributed by atoms with E-state index in [9.17, 15) is 9.59 Å². The summed E-state index contributed by atoms with van der Waals surface area (Å²) in [6.45, 7) is 6.06. The predicted molar refractivity (Wildman–Crippen MR) is 138 cm³/mol. The highest BCUT2D eigenvalue weighted by Crippen LogP contribution is 2.33. The molecule has 1 aliphatic rings. The lowest BCUT2D eigenvalue weighted by Gasteiger charge is -2.30. The fourth-order valence-electron chi connectivity index (χ4n) is 3.90. The molecule has 3 aromatic carbocycles. The number of benzene rings is 3. The van der Waals surface area contributed by atoms with Gasteiger partial charge >= 0.3 is 12.0 Å². The molecule has 1 atom stereocenters. The summed E-state index contributed by atoms with van der Waals surface area (Å²) in [6.07, 6.45) is -0.321. The Morgan fingerprint density at radius 2 is 1.56 bits per heavy atom. The van der Waals surface area contributed by atoms with Gasteiger partial charge in [-0.05, 0) is 73.9 Å². The lowest BCUT2D eigenvalue weighted by molar-refractivity contribution is -0.143. The van der Waals surface area contributed by atoms with Crippen molar-refractivity contribution in [3.8, 4) is 11.5 Å². The van der Waals surface area contributed by atoms with E-state index >= 15 is 0 Å². The molecule has 4 rings (SSSR count). The van der Waals surface area contributed by atoms with Gasteiger partial charge in [-0.1, -0.05) is 42.0 Å². The molecule has 2 amide bonds. The zero-order chi connectivity index (χ0) is 25.7. The minimum absolute atomic E-state index is 0.321. The van der Waals surface area contributed by atoms with Gasteiger partial charge in [0.15, 0.2) is 0 Å². The van der Waals surface area contributed by atoms with Gasteiger partial charge in [-0.25, -0.2) is 9.59 Å². The van der Waals surface area contributed by atoms with Crippen molar-refractivity contribution in [3.05, 3.63) is 101 Å². The third kappa shape index (κ3) is 5.86. The second-order valence-electron chi connectivity index (χ2n) is 8.85. The van der Waals surface area contributed by atoms with E-state index in [4.69, 9.17) is 14.2 Å². The van der Waals surface area contributed by atoms with Crippen LogP contribution in [0.5, 0.6) is 11.5 Å². The second-order valence-corrected chi connectivity index (χ2v) is 8.85. The Hall–Kier alpha value is -4.26. The molecule has 0 saturated heterocycles. The van der Waals surface area contributed by atoms with Crippen molar-refractivity contribution in [2.45, 2.75) is 39.5 Å². The van der Waals surface area contributed by atoms with Gasteiger partial charge in [0.25, 0.3) is 0 Å². The summed E-state index contributed by atoms with van der Waals surface area (Å²) in [5.41, 5.74) is 4.39. The molecule has 186 valence electrons. The van der Waals surface area contributed by atoms with Gasteiger partial charge in [-0.2, -0.15) is 0 Å². The monoisotopic (exact) mass is 486 g/mol. The Labute approximate surface area is 211 Å². The first-order valence-electron chi connectivity index (χ1n) is 11.8. The van der Waals surface area contributed by atoms with Crippen LogP contribution in [0, 0.1) is 6.92 Å². The van der Waals surface area contributed by atoms with Crippen molar-refractivity contribution < 1.29 is 23.8 Å². The molecule has 36 heavy (non-hydrogen) atoms. The first-order chi connectivity index (χ1) is 17.3. The molecule has 1 aliphatic heterocycles. The normalized spacial score (nSPS) is 15.2. The standard InChI is InChI=1S/C29H30N2O5/c1-18(2)36-28(32)25-26(21-9-13-23(34-4)14-10-21)30-29(33)31-27(25)22-11-15-24(16-12-22)35-17-20-7-5-19(3)6-8-20/h5-16,18,27H,17H2,1-4H3,(H2,30,31,33). The number of methoxy groups -OCH3 is 1. The molecule has 0 bridgehead atoms. The lowest BCUT2D eigenvalue weighted by Crippen LogP contribution is -2.45. The maximum Gasteiger partial charge on any atom is 0.338 e. The third-order valence-corrected chi connectivity index (χ3v) is 5.75. The largest absolute Gasteiger partial charge is 0.497 e. The number of nitrogens with one attached hydrogen (secondary N) is 2. The van der Waals surface area contributed by atoms with E-state index in [0.717, 1.165) is 11.1 Å². The number of hydrogen-bond acceptors (Lipinski definition) is 5. The van der Waals surface area contributed by atoms with Crippen molar-refractivity contribution in [1.82, 2.24) is 10.6 Å². The number of aryl methyl sites for hydroxylation is 1. The quantitative estimate of drug-likeness (QED) is 0.422. The number of esters is 1. The van der Waals surface area contributed by atoms with Gasteiger partial charge in [0.2, 0.25) is 0 Å². The minimum atomic E-state index is -0.701. The molecule has 7 nitrogen and oxygen atoms in total. The Bertz CT molecular complexity index is 1250. The number of ether oxygens (including phenoxy) is 3. The number of hydrogen-bond donors (Lipinski definition) is 2. The van der Waals surface area contributed by atoms with Crippen LogP contribution < -0.4 is 20.1 Å². The summed E-state index contributed by atoms with van der Waals surface area (Å²) in [5.74, 6) is 0.849. The molecule has 0 fully saturated rings. The molecular weight excluding hydrogens is 456 g/mol. The summed E-state index contributed by atoms with van der Waals surface area (Å²) in [6, 6.07) is 21.5. The van der Waals surface area contributed by atoms with Crippen molar-refractivity contribution >= 4 is 17.7 Å². The molecule has 0 aliphatic carbocycles. The van der Waals surface area contributed by atoms with Crippen molar-refractivity contribution in [2.75, 3.05) is 7.11 Å². The van der Waals surface area contributed by atoms with Crippen LogP contribution in [-0.2, 0) is 16.1 Å². The molecule has 7 heteroatoms. The first-order valence-corrected chi connectivity index (χ1v) is 11.8. The molecule has 1 unspecified atom stereocenters. The highest BCUT2D eigenvalue weighted by molar-refractivity contribution is 6.04. The molecule has 0 saturated carbocycles. The lowest BCUT2D eigenvalue weighted by atomic mass is 9.92. The fraction of sp³-hybridized carbons (Fsp3) is 0.241. The van der Waals surface area contributed by atoms with E-state index in [1.54, 1.807) is 45.2 Å². The molecule has 2 N–H and O–H groups in total.